The molecule has 28 heavy (non-hydrogen) atoms. The van der Waals surface area contributed by atoms with Gasteiger partial charge in [0.2, 0.25) is 5.16 Å². The van der Waals surface area contributed by atoms with Crippen molar-refractivity contribution in [2.24, 2.45) is 5.10 Å². The number of aromatic nitrogens is 5. The molecule has 2 aromatic heterocycles. The number of rotatable bonds is 6. The van der Waals surface area contributed by atoms with E-state index in [1.165, 1.54) is 11.8 Å². The van der Waals surface area contributed by atoms with Crippen molar-refractivity contribution in [1.29, 1.82) is 0 Å². The molecule has 4 aromatic rings. The third kappa shape index (κ3) is 3.99. The molecular formula is C18H14Cl2N6OS. The van der Waals surface area contributed by atoms with Crippen LogP contribution in [-0.2, 0) is 5.75 Å². The van der Waals surface area contributed by atoms with E-state index in [4.69, 9.17) is 27.9 Å². The number of benzene rings is 2. The summed E-state index contributed by atoms with van der Waals surface area (Å²) in [6, 6.07) is 13.0. The lowest BCUT2D eigenvalue weighted by atomic mass is 10.2. The second kappa shape index (κ2) is 8.22. The van der Waals surface area contributed by atoms with Gasteiger partial charge in [-0.25, -0.2) is 0 Å². The van der Waals surface area contributed by atoms with E-state index in [-0.39, 0.29) is 0 Å². The van der Waals surface area contributed by atoms with Gasteiger partial charge in [0.15, 0.2) is 0 Å². The van der Waals surface area contributed by atoms with Crippen LogP contribution in [0.5, 0.6) is 5.75 Å². The lowest BCUT2D eigenvalue weighted by Gasteiger charge is -2.02. The van der Waals surface area contributed by atoms with E-state index in [0.717, 1.165) is 16.9 Å². The summed E-state index contributed by atoms with van der Waals surface area (Å²) in [5, 5.41) is 19.0. The van der Waals surface area contributed by atoms with E-state index in [1.807, 2.05) is 36.4 Å². The molecule has 0 aliphatic rings. The first-order valence-corrected chi connectivity index (χ1v) is 9.92. The summed E-state index contributed by atoms with van der Waals surface area (Å²) >= 11 is 13.6. The van der Waals surface area contributed by atoms with E-state index in [1.54, 1.807) is 34.9 Å². The Morgan fingerprint density at radius 1 is 1.14 bits per heavy atom. The molecule has 0 atom stereocenters. The standard InChI is InChI=1S/C18H14Cl2N6OS/c1-27-15-6-2-12(3-7-15)9-21-25-11-22-26-17(25)23-24-18(26)28-10-13-4-5-14(19)8-16(13)20/h2-9,11H,10H2,1H3/b21-9+. The summed E-state index contributed by atoms with van der Waals surface area (Å²) in [4.78, 5) is 0. The lowest BCUT2D eigenvalue weighted by Crippen LogP contribution is -1.91. The normalized spacial score (nSPS) is 11.5. The summed E-state index contributed by atoms with van der Waals surface area (Å²) < 4.78 is 8.35. The summed E-state index contributed by atoms with van der Waals surface area (Å²) in [5.74, 6) is 1.94. The van der Waals surface area contributed by atoms with Crippen molar-refractivity contribution in [1.82, 2.24) is 24.5 Å². The number of ether oxygens (including phenoxy) is 1. The molecule has 10 heteroatoms. The molecule has 0 spiro atoms. The molecule has 0 fully saturated rings. The predicted molar refractivity (Wildman–Crippen MR) is 111 cm³/mol. The monoisotopic (exact) mass is 432 g/mol. The van der Waals surface area contributed by atoms with Crippen molar-refractivity contribution in [3.05, 3.63) is 70.0 Å². The van der Waals surface area contributed by atoms with Crippen LogP contribution in [0.4, 0.5) is 0 Å². The van der Waals surface area contributed by atoms with Crippen LogP contribution in [0.3, 0.4) is 0 Å². The lowest BCUT2D eigenvalue weighted by molar-refractivity contribution is 0.415. The zero-order chi connectivity index (χ0) is 19.5. The molecule has 0 aliphatic carbocycles. The van der Waals surface area contributed by atoms with Gasteiger partial charge in [-0.05, 0) is 47.5 Å². The topological polar surface area (TPSA) is 69.6 Å². The molecule has 0 saturated carbocycles. The number of methoxy groups -OCH3 is 1. The van der Waals surface area contributed by atoms with E-state index in [9.17, 15) is 0 Å². The molecule has 0 N–H and O–H groups in total. The highest BCUT2D eigenvalue weighted by molar-refractivity contribution is 7.98. The Bertz CT molecular complexity index is 1140. The van der Waals surface area contributed by atoms with Crippen molar-refractivity contribution in [2.75, 3.05) is 7.11 Å². The highest BCUT2D eigenvalue weighted by Gasteiger charge is 2.12. The summed E-state index contributed by atoms with van der Waals surface area (Å²) in [5.41, 5.74) is 1.89. The van der Waals surface area contributed by atoms with Crippen LogP contribution in [-0.4, -0.2) is 37.8 Å². The van der Waals surface area contributed by atoms with Gasteiger partial charge in [-0.3, -0.25) is 0 Å². The number of halogens is 2. The average Bonchev–Trinajstić information content (AvgIpc) is 3.29. The number of hydrogen-bond donors (Lipinski definition) is 0. The summed E-state index contributed by atoms with van der Waals surface area (Å²) in [6.07, 6.45) is 3.31. The Labute approximate surface area is 174 Å². The zero-order valence-electron chi connectivity index (χ0n) is 14.7. The number of fused-ring (bicyclic) bond motifs is 1. The molecule has 0 radical (unpaired) electrons. The van der Waals surface area contributed by atoms with Gasteiger partial charge < -0.3 is 4.74 Å². The second-order valence-corrected chi connectivity index (χ2v) is 7.50. The van der Waals surface area contributed by atoms with Gasteiger partial charge in [-0.1, -0.05) is 41.0 Å². The van der Waals surface area contributed by atoms with Gasteiger partial charge in [-0.2, -0.15) is 19.4 Å². The fourth-order valence-corrected chi connectivity index (χ4v) is 3.87. The van der Waals surface area contributed by atoms with Crippen LogP contribution in [0.15, 0.2) is 59.0 Å². The maximum Gasteiger partial charge on any atom is 0.275 e. The fourth-order valence-electron chi connectivity index (χ4n) is 2.43. The van der Waals surface area contributed by atoms with Crippen molar-refractivity contribution < 1.29 is 4.74 Å². The molecular weight excluding hydrogens is 419 g/mol. The van der Waals surface area contributed by atoms with Crippen molar-refractivity contribution >= 4 is 47.0 Å². The number of nitrogens with zero attached hydrogens (tertiary/aromatic N) is 6. The number of hydrogen-bond acceptors (Lipinski definition) is 6. The van der Waals surface area contributed by atoms with E-state index in [0.29, 0.717) is 26.7 Å². The molecule has 2 aromatic carbocycles. The highest BCUT2D eigenvalue weighted by atomic mass is 35.5. The molecule has 0 amide bonds. The minimum absolute atomic E-state index is 0.523. The Morgan fingerprint density at radius 2 is 1.96 bits per heavy atom. The smallest absolute Gasteiger partial charge is 0.275 e. The highest BCUT2D eigenvalue weighted by Crippen LogP contribution is 2.27. The van der Waals surface area contributed by atoms with Gasteiger partial charge in [-0.15, -0.1) is 10.2 Å². The van der Waals surface area contributed by atoms with E-state index in [2.05, 4.69) is 20.4 Å². The average molecular weight is 433 g/mol. The zero-order valence-corrected chi connectivity index (χ0v) is 17.0. The van der Waals surface area contributed by atoms with Crippen molar-refractivity contribution in [2.45, 2.75) is 10.9 Å². The van der Waals surface area contributed by atoms with E-state index >= 15 is 0 Å². The molecule has 7 nitrogen and oxygen atoms in total. The van der Waals surface area contributed by atoms with Crippen LogP contribution in [0.1, 0.15) is 11.1 Å². The van der Waals surface area contributed by atoms with Crippen LogP contribution in [0.2, 0.25) is 10.0 Å². The third-order valence-corrected chi connectivity index (χ3v) is 5.45. The first-order chi connectivity index (χ1) is 13.6. The summed E-state index contributed by atoms with van der Waals surface area (Å²) in [6.45, 7) is 0. The van der Waals surface area contributed by atoms with Crippen LogP contribution < -0.4 is 4.74 Å². The van der Waals surface area contributed by atoms with E-state index < -0.39 is 0 Å². The molecule has 0 aliphatic heterocycles. The second-order valence-electron chi connectivity index (χ2n) is 5.71. The Hall–Kier alpha value is -2.55. The molecule has 0 unspecified atom stereocenters. The summed E-state index contributed by atoms with van der Waals surface area (Å²) in [7, 11) is 1.63. The molecule has 0 bridgehead atoms. The van der Waals surface area contributed by atoms with Gasteiger partial charge in [0.05, 0.1) is 13.3 Å². The Morgan fingerprint density at radius 3 is 2.71 bits per heavy atom. The van der Waals surface area contributed by atoms with Crippen LogP contribution in [0, 0.1) is 0 Å². The van der Waals surface area contributed by atoms with Crippen LogP contribution >= 0.6 is 35.0 Å². The molecule has 0 saturated heterocycles. The van der Waals surface area contributed by atoms with Gasteiger partial charge >= 0.3 is 0 Å². The van der Waals surface area contributed by atoms with Crippen molar-refractivity contribution in [3.8, 4) is 5.75 Å². The van der Waals surface area contributed by atoms with Gasteiger partial charge in [0.25, 0.3) is 5.78 Å². The maximum absolute atomic E-state index is 6.22. The van der Waals surface area contributed by atoms with Gasteiger partial charge in [0.1, 0.15) is 12.1 Å². The fraction of sp³-hybridized carbons (Fsp3) is 0.111. The van der Waals surface area contributed by atoms with Crippen LogP contribution in [0.25, 0.3) is 5.78 Å². The molecule has 142 valence electrons. The quantitative estimate of drug-likeness (QED) is 0.333. The van der Waals surface area contributed by atoms with Crippen molar-refractivity contribution in [3.63, 3.8) is 0 Å². The largest absolute Gasteiger partial charge is 0.497 e. The molecule has 4 rings (SSSR count). The predicted octanol–water partition coefficient (Wildman–Crippen LogP) is 4.42. The third-order valence-electron chi connectivity index (χ3n) is 3.90. The Kier molecular flexibility index (Phi) is 5.52. The number of thioether (sulfide) groups is 1. The minimum atomic E-state index is 0.523. The maximum atomic E-state index is 6.22. The minimum Gasteiger partial charge on any atom is -0.497 e. The molecule has 2 heterocycles. The first-order valence-electron chi connectivity index (χ1n) is 8.18. The van der Waals surface area contributed by atoms with Gasteiger partial charge in [0, 0.05) is 15.8 Å². The first kappa shape index (κ1) is 18.8. The Balaban J connectivity index is 1.50. The SMILES string of the molecule is COc1ccc(/C=N/n2cnn3c(SCc4ccc(Cl)cc4Cl)nnc23)cc1.